The van der Waals surface area contributed by atoms with Crippen LogP contribution in [0.3, 0.4) is 0 Å². The number of aromatic nitrogens is 5. The molecule has 3 aromatic heterocycles. The Morgan fingerprint density at radius 1 is 1.00 bits per heavy atom. The van der Waals surface area contributed by atoms with Gasteiger partial charge in [0.25, 0.3) is 5.56 Å². The van der Waals surface area contributed by atoms with Crippen LogP contribution in [0.5, 0.6) is 0 Å². The van der Waals surface area contributed by atoms with E-state index < -0.39 is 0 Å². The highest BCUT2D eigenvalue weighted by Crippen LogP contribution is 2.21. The average Bonchev–Trinajstić information content (AvgIpc) is 2.95. The first kappa shape index (κ1) is 14.7. The highest BCUT2D eigenvalue weighted by atomic mass is 16.1. The normalized spacial score (nSPS) is 15.2. The van der Waals surface area contributed by atoms with Crippen LogP contribution in [0.15, 0.2) is 29.1 Å². The zero-order valence-electron chi connectivity index (χ0n) is 13.7. The number of hydrogen-bond acceptors (Lipinski definition) is 6. The zero-order valence-corrected chi connectivity index (χ0v) is 13.7. The van der Waals surface area contributed by atoms with Gasteiger partial charge in [-0.05, 0) is 19.9 Å². The predicted molar refractivity (Wildman–Crippen MR) is 91.7 cm³/mol. The maximum Gasteiger partial charge on any atom is 0.264 e. The van der Waals surface area contributed by atoms with Crippen LogP contribution in [0.1, 0.15) is 11.4 Å². The van der Waals surface area contributed by atoms with Crippen molar-refractivity contribution in [3.8, 4) is 0 Å². The Labute approximate surface area is 138 Å². The average molecular weight is 325 g/mol. The Morgan fingerprint density at radius 2 is 1.75 bits per heavy atom. The van der Waals surface area contributed by atoms with Gasteiger partial charge in [0, 0.05) is 50.1 Å². The molecule has 24 heavy (non-hydrogen) atoms. The molecule has 3 aromatic rings. The van der Waals surface area contributed by atoms with Crippen LogP contribution in [-0.2, 0) is 0 Å². The molecule has 1 aliphatic heterocycles. The molecule has 4 heterocycles. The minimum Gasteiger partial charge on any atom is -0.353 e. The van der Waals surface area contributed by atoms with Gasteiger partial charge in [0.1, 0.15) is 11.6 Å². The summed E-state index contributed by atoms with van der Waals surface area (Å²) in [7, 11) is 0. The van der Waals surface area contributed by atoms with E-state index >= 15 is 0 Å². The second-order valence-corrected chi connectivity index (χ2v) is 6.06. The van der Waals surface area contributed by atoms with Crippen molar-refractivity contribution in [2.45, 2.75) is 13.8 Å². The molecule has 4 rings (SSSR count). The molecule has 0 aromatic carbocycles. The third kappa shape index (κ3) is 2.60. The molecule has 0 bridgehead atoms. The second kappa shape index (κ2) is 5.63. The highest BCUT2D eigenvalue weighted by molar-refractivity contribution is 5.53. The zero-order chi connectivity index (χ0) is 16.7. The summed E-state index contributed by atoms with van der Waals surface area (Å²) in [5, 5.41) is 11.2. The minimum atomic E-state index is -0.180. The summed E-state index contributed by atoms with van der Waals surface area (Å²) < 4.78 is 1.91. The van der Waals surface area contributed by atoms with Gasteiger partial charge < -0.3 is 9.80 Å². The lowest BCUT2D eigenvalue weighted by atomic mass is 10.3. The molecule has 1 aliphatic rings. The van der Waals surface area contributed by atoms with Gasteiger partial charge in [-0.3, -0.25) is 4.79 Å². The maximum atomic E-state index is 11.1. The van der Waals surface area contributed by atoms with Crippen molar-refractivity contribution >= 4 is 17.3 Å². The number of H-pyrrole nitrogens is 1. The van der Waals surface area contributed by atoms with Gasteiger partial charge >= 0.3 is 0 Å². The van der Waals surface area contributed by atoms with Gasteiger partial charge in [-0.2, -0.15) is 14.7 Å². The lowest BCUT2D eigenvalue weighted by molar-refractivity contribution is 0.629. The van der Waals surface area contributed by atoms with E-state index in [1.54, 1.807) is 6.07 Å². The number of hydrogen-bond donors (Lipinski definition) is 1. The molecule has 0 saturated carbocycles. The largest absolute Gasteiger partial charge is 0.353 e. The highest BCUT2D eigenvalue weighted by Gasteiger charge is 2.21. The number of piperazine rings is 1. The standard InChI is InChI=1S/C16H19N7O/c1-11-10-16(23-14(17-11)9-12(2)20-23)22-7-5-21(6-8-22)13-3-4-15(24)19-18-13/h3-4,9-10H,5-8H2,1-2H3,(H,19,24). The van der Waals surface area contributed by atoms with E-state index in [0.29, 0.717) is 0 Å². The summed E-state index contributed by atoms with van der Waals surface area (Å²) in [4.78, 5) is 20.2. The number of anilines is 2. The summed E-state index contributed by atoms with van der Waals surface area (Å²) >= 11 is 0. The van der Waals surface area contributed by atoms with Crippen molar-refractivity contribution in [3.63, 3.8) is 0 Å². The molecule has 124 valence electrons. The number of aryl methyl sites for hydroxylation is 2. The quantitative estimate of drug-likeness (QED) is 0.749. The first-order valence-electron chi connectivity index (χ1n) is 8.00. The predicted octanol–water partition coefficient (Wildman–Crippen LogP) is 0.756. The molecule has 0 radical (unpaired) electrons. The van der Waals surface area contributed by atoms with E-state index in [2.05, 4.69) is 36.1 Å². The number of rotatable bonds is 2. The van der Waals surface area contributed by atoms with E-state index in [0.717, 1.165) is 54.8 Å². The molecule has 1 N–H and O–H groups in total. The molecule has 0 unspecified atom stereocenters. The molecular formula is C16H19N7O. The fraction of sp³-hybridized carbons (Fsp3) is 0.375. The monoisotopic (exact) mass is 325 g/mol. The van der Waals surface area contributed by atoms with Gasteiger partial charge in [-0.1, -0.05) is 0 Å². The maximum absolute atomic E-state index is 11.1. The van der Waals surface area contributed by atoms with Crippen LogP contribution in [0.4, 0.5) is 11.6 Å². The van der Waals surface area contributed by atoms with Gasteiger partial charge in [0.2, 0.25) is 0 Å². The Kier molecular flexibility index (Phi) is 3.44. The van der Waals surface area contributed by atoms with Crippen molar-refractivity contribution in [2.24, 2.45) is 0 Å². The van der Waals surface area contributed by atoms with Gasteiger partial charge in [-0.15, -0.1) is 0 Å². The summed E-state index contributed by atoms with van der Waals surface area (Å²) in [6.07, 6.45) is 0. The third-order valence-corrected chi connectivity index (χ3v) is 4.25. The number of aromatic amines is 1. The van der Waals surface area contributed by atoms with Crippen LogP contribution in [0.25, 0.3) is 5.65 Å². The molecule has 0 spiro atoms. The Hall–Kier alpha value is -2.90. The van der Waals surface area contributed by atoms with Gasteiger partial charge in [-0.25, -0.2) is 10.1 Å². The van der Waals surface area contributed by atoms with Crippen LogP contribution in [-0.4, -0.2) is 51.0 Å². The Bertz CT molecular complexity index is 917. The van der Waals surface area contributed by atoms with Crippen LogP contribution < -0.4 is 15.4 Å². The van der Waals surface area contributed by atoms with Crippen molar-refractivity contribution in [3.05, 3.63) is 46.0 Å². The van der Waals surface area contributed by atoms with E-state index in [9.17, 15) is 4.79 Å². The lowest BCUT2D eigenvalue weighted by Gasteiger charge is -2.36. The fourth-order valence-corrected chi connectivity index (χ4v) is 3.10. The Balaban J connectivity index is 1.58. The van der Waals surface area contributed by atoms with E-state index in [-0.39, 0.29) is 5.56 Å². The first-order valence-corrected chi connectivity index (χ1v) is 8.00. The van der Waals surface area contributed by atoms with E-state index in [1.807, 2.05) is 24.4 Å². The summed E-state index contributed by atoms with van der Waals surface area (Å²) in [5.41, 5.74) is 2.65. The molecule has 0 atom stereocenters. The number of fused-ring (bicyclic) bond motifs is 1. The molecule has 0 aliphatic carbocycles. The topological polar surface area (TPSA) is 82.4 Å². The van der Waals surface area contributed by atoms with Crippen LogP contribution >= 0.6 is 0 Å². The summed E-state index contributed by atoms with van der Waals surface area (Å²) in [6.45, 7) is 7.38. The Morgan fingerprint density at radius 3 is 2.46 bits per heavy atom. The number of nitrogens with one attached hydrogen (secondary N) is 1. The summed E-state index contributed by atoms with van der Waals surface area (Å²) in [5.74, 6) is 1.87. The van der Waals surface area contributed by atoms with Gasteiger partial charge in [0.15, 0.2) is 5.65 Å². The third-order valence-electron chi connectivity index (χ3n) is 4.25. The molecule has 0 amide bonds. The van der Waals surface area contributed by atoms with E-state index in [1.165, 1.54) is 6.07 Å². The van der Waals surface area contributed by atoms with Gasteiger partial charge in [0.05, 0.1) is 5.69 Å². The molecular weight excluding hydrogens is 306 g/mol. The molecule has 1 fully saturated rings. The summed E-state index contributed by atoms with van der Waals surface area (Å²) in [6, 6.07) is 7.35. The minimum absolute atomic E-state index is 0.180. The van der Waals surface area contributed by atoms with Crippen molar-refractivity contribution in [1.82, 2.24) is 24.8 Å². The lowest BCUT2D eigenvalue weighted by Crippen LogP contribution is -2.47. The molecule has 8 nitrogen and oxygen atoms in total. The number of nitrogens with zero attached hydrogens (tertiary/aromatic N) is 6. The van der Waals surface area contributed by atoms with Crippen molar-refractivity contribution < 1.29 is 0 Å². The fourth-order valence-electron chi connectivity index (χ4n) is 3.10. The first-order chi connectivity index (χ1) is 11.6. The smallest absolute Gasteiger partial charge is 0.264 e. The van der Waals surface area contributed by atoms with Crippen LogP contribution in [0.2, 0.25) is 0 Å². The van der Waals surface area contributed by atoms with Crippen molar-refractivity contribution in [1.29, 1.82) is 0 Å². The molecule has 1 saturated heterocycles. The van der Waals surface area contributed by atoms with E-state index in [4.69, 9.17) is 0 Å². The van der Waals surface area contributed by atoms with Crippen LogP contribution in [0, 0.1) is 13.8 Å². The second-order valence-electron chi connectivity index (χ2n) is 6.06. The SMILES string of the molecule is Cc1cc(N2CCN(c3ccc(=O)[nH]n3)CC2)n2nc(C)cc2n1. The van der Waals surface area contributed by atoms with Crippen molar-refractivity contribution in [2.75, 3.05) is 36.0 Å². The molecule has 8 heteroatoms.